The largest absolute Gasteiger partial charge is 0.381 e. The molecule has 0 aromatic rings. The average molecular weight is 457 g/mol. The van der Waals surface area contributed by atoms with E-state index >= 15 is 0 Å². The van der Waals surface area contributed by atoms with Gasteiger partial charge in [0.2, 0.25) is 0 Å². The molecule has 0 N–H and O–H groups in total. The Hall–Kier alpha value is -0.0400. The van der Waals surface area contributed by atoms with Crippen molar-refractivity contribution in [2.24, 2.45) is 68.5 Å². The van der Waals surface area contributed by atoms with Crippen molar-refractivity contribution in [3.05, 3.63) is 0 Å². The third-order valence-corrected chi connectivity index (χ3v) is 13.4. The van der Waals surface area contributed by atoms with Crippen molar-refractivity contribution in [2.45, 2.75) is 126 Å². The Morgan fingerprint density at radius 1 is 0.879 bits per heavy atom. The van der Waals surface area contributed by atoms with Crippen LogP contribution in [0.1, 0.15) is 120 Å². The monoisotopic (exact) mass is 456 g/mol. The molecule has 0 aromatic heterocycles. The fourth-order valence-corrected chi connectivity index (χ4v) is 13.2. The Morgan fingerprint density at radius 3 is 2.18 bits per heavy atom. The van der Waals surface area contributed by atoms with Crippen LogP contribution in [-0.4, -0.2) is 13.2 Å². The van der Waals surface area contributed by atoms with Crippen LogP contribution in [0.15, 0.2) is 0 Å². The second kappa shape index (κ2) is 7.49. The van der Waals surface area contributed by atoms with E-state index < -0.39 is 0 Å². The first kappa shape index (κ1) is 24.6. The molecule has 0 unspecified atom stereocenters. The Labute approximate surface area is 206 Å². The average Bonchev–Trinajstić information content (AvgIpc) is 2.95. The molecule has 5 rings (SSSR count). The molecule has 1 heteroatoms. The van der Waals surface area contributed by atoms with E-state index in [9.17, 15) is 0 Å². The second-order valence-electron chi connectivity index (χ2n) is 16.0. The van der Waals surface area contributed by atoms with Crippen LogP contribution in [0.5, 0.6) is 0 Å². The number of hydrogen-bond acceptors (Lipinski definition) is 1. The molecule has 33 heavy (non-hydrogen) atoms. The molecule has 10 atom stereocenters. The van der Waals surface area contributed by atoms with Gasteiger partial charge in [-0.2, -0.15) is 0 Å². The predicted octanol–water partition coefficient (Wildman–Crippen LogP) is 9.00. The van der Waals surface area contributed by atoms with Crippen molar-refractivity contribution >= 4 is 0 Å². The number of fused-ring (bicyclic) bond motifs is 4. The van der Waals surface area contributed by atoms with Gasteiger partial charge in [0.05, 0.1) is 6.10 Å². The van der Waals surface area contributed by atoms with Gasteiger partial charge in [-0.15, -0.1) is 0 Å². The Morgan fingerprint density at radius 2 is 1.58 bits per heavy atom. The SMILES string of the molecule is CO[C@@H]1C[C@@H]2[C@@H]3CC[C@H]([C@H](C)CCCC(C)C)[C@]3(C)CC[C@@H]2[C@@]2(C)CC(C)(C)[C@@H]3C(C)(C)[C@]312. The summed E-state index contributed by atoms with van der Waals surface area (Å²) >= 11 is 0. The summed E-state index contributed by atoms with van der Waals surface area (Å²) in [5, 5.41) is 0. The van der Waals surface area contributed by atoms with Gasteiger partial charge in [0.25, 0.3) is 0 Å². The number of hydrogen-bond donors (Lipinski definition) is 0. The first-order chi connectivity index (χ1) is 15.3. The van der Waals surface area contributed by atoms with Crippen LogP contribution in [-0.2, 0) is 4.74 Å². The summed E-state index contributed by atoms with van der Waals surface area (Å²) in [7, 11) is 2.05. The van der Waals surface area contributed by atoms with E-state index in [1.807, 2.05) is 7.11 Å². The molecule has 5 saturated carbocycles. The van der Waals surface area contributed by atoms with Crippen LogP contribution >= 0.6 is 0 Å². The zero-order chi connectivity index (χ0) is 24.2. The Balaban J connectivity index is 1.42. The molecule has 5 fully saturated rings. The maximum absolute atomic E-state index is 6.52. The Kier molecular flexibility index (Phi) is 5.59. The molecular weight excluding hydrogens is 400 g/mol. The molecular formula is C32H56O. The van der Waals surface area contributed by atoms with Crippen molar-refractivity contribution in [3.63, 3.8) is 0 Å². The summed E-state index contributed by atoms with van der Waals surface area (Å²) in [5.74, 6) is 6.28. The summed E-state index contributed by atoms with van der Waals surface area (Å²) in [6, 6.07) is 0. The van der Waals surface area contributed by atoms with E-state index in [0.717, 1.165) is 41.4 Å². The number of rotatable bonds is 6. The van der Waals surface area contributed by atoms with E-state index in [-0.39, 0.29) is 0 Å². The topological polar surface area (TPSA) is 9.23 Å². The van der Waals surface area contributed by atoms with E-state index in [4.69, 9.17) is 4.74 Å². The summed E-state index contributed by atoms with van der Waals surface area (Å²) in [5.41, 5.74) is 2.32. The summed E-state index contributed by atoms with van der Waals surface area (Å²) in [4.78, 5) is 0. The quantitative estimate of drug-likeness (QED) is 0.387. The van der Waals surface area contributed by atoms with Crippen LogP contribution in [0.2, 0.25) is 0 Å². The third-order valence-electron chi connectivity index (χ3n) is 13.4. The van der Waals surface area contributed by atoms with Gasteiger partial charge in [-0.1, -0.05) is 81.6 Å². The van der Waals surface area contributed by atoms with Crippen molar-refractivity contribution in [2.75, 3.05) is 7.11 Å². The van der Waals surface area contributed by atoms with Gasteiger partial charge < -0.3 is 4.74 Å². The first-order valence-corrected chi connectivity index (χ1v) is 14.8. The molecule has 5 aliphatic carbocycles. The number of methoxy groups -OCH3 is 1. The maximum Gasteiger partial charge on any atom is 0.0644 e. The lowest BCUT2D eigenvalue weighted by Crippen LogP contribution is -2.58. The molecule has 0 amide bonds. The van der Waals surface area contributed by atoms with Gasteiger partial charge in [0.1, 0.15) is 0 Å². The minimum Gasteiger partial charge on any atom is -0.381 e. The molecule has 0 radical (unpaired) electrons. The molecule has 0 bridgehead atoms. The minimum absolute atomic E-state index is 0.412. The van der Waals surface area contributed by atoms with Gasteiger partial charge in [-0.05, 0) is 102 Å². The fourth-order valence-electron chi connectivity index (χ4n) is 13.2. The van der Waals surface area contributed by atoms with Gasteiger partial charge in [-0.25, -0.2) is 0 Å². The highest BCUT2D eigenvalue weighted by molar-refractivity contribution is 5.37. The highest BCUT2D eigenvalue weighted by Crippen LogP contribution is 2.92. The van der Waals surface area contributed by atoms with Gasteiger partial charge >= 0.3 is 0 Å². The van der Waals surface area contributed by atoms with Crippen LogP contribution < -0.4 is 0 Å². The first-order valence-electron chi connectivity index (χ1n) is 14.8. The fraction of sp³-hybridized carbons (Fsp3) is 1.00. The third kappa shape index (κ3) is 2.93. The zero-order valence-electron chi connectivity index (χ0n) is 23.9. The van der Waals surface area contributed by atoms with E-state index in [1.54, 1.807) is 0 Å². The lowest BCUT2D eigenvalue weighted by Gasteiger charge is -2.62. The van der Waals surface area contributed by atoms with Gasteiger partial charge in [-0.3, -0.25) is 0 Å². The lowest BCUT2D eigenvalue weighted by atomic mass is 9.44. The highest BCUT2D eigenvalue weighted by Gasteiger charge is 2.90. The molecule has 0 saturated heterocycles. The van der Waals surface area contributed by atoms with Crippen LogP contribution in [0.25, 0.3) is 0 Å². The smallest absolute Gasteiger partial charge is 0.0644 e. The summed E-state index contributed by atoms with van der Waals surface area (Å²) in [6.07, 6.45) is 13.5. The minimum atomic E-state index is 0.412. The van der Waals surface area contributed by atoms with Crippen molar-refractivity contribution < 1.29 is 4.74 Å². The van der Waals surface area contributed by atoms with Crippen molar-refractivity contribution in [3.8, 4) is 0 Å². The van der Waals surface area contributed by atoms with Gasteiger partial charge in [0, 0.05) is 12.5 Å². The highest BCUT2D eigenvalue weighted by atomic mass is 16.5. The van der Waals surface area contributed by atoms with Crippen LogP contribution in [0, 0.1) is 68.5 Å². The summed E-state index contributed by atoms with van der Waals surface area (Å²) in [6.45, 7) is 23.2. The number of ether oxygens (including phenoxy) is 1. The van der Waals surface area contributed by atoms with Crippen molar-refractivity contribution in [1.29, 1.82) is 0 Å². The predicted molar refractivity (Wildman–Crippen MR) is 140 cm³/mol. The molecule has 1 nitrogen and oxygen atoms in total. The molecule has 0 aromatic carbocycles. The lowest BCUT2D eigenvalue weighted by molar-refractivity contribution is -0.174. The zero-order valence-corrected chi connectivity index (χ0v) is 23.9. The van der Waals surface area contributed by atoms with Crippen LogP contribution in [0.3, 0.4) is 0 Å². The van der Waals surface area contributed by atoms with Crippen LogP contribution in [0.4, 0.5) is 0 Å². The molecule has 1 spiro atoms. The summed E-state index contributed by atoms with van der Waals surface area (Å²) < 4.78 is 6.52. The molecule has 0 heterocycles. The second-order valence-corrected chi connectivity index (χ2v) is 16.0. The molecule has 5 aliphatic rings. The van der Waals surface area contributed by atoms with Crippen molar-refractivity contribution in [1.82, 2.24) is 0 Å². The molecule has 0 aliphatic heterocycles. The normalized spacial score (nSPS) is 52.1. The van der Waals surface area contributed by atoms with E-state index in [0.29, 0.717) is 33.2 Å². The Bertz CT molecular complexity index is 764. The maximum atomic E-state index is 6.52. The van der Waals surface area contributed by atoms with E-state index in [2.05, 4.69) is 62.3 Å². The molecule has 190 valence electrons. The standard InChI is InChI=1S/C32H56O/c1-20(2)12-11-13-21(3)23-14-15-24-22-18-26(33-10)32-27(29(32,6)7)28(4,5)19-31(32,9)25(22)16-17-30(23,24)8/h20-27H,11-19H2,1-10H3/t21-,22-,23-,24+,25+,26-,27-,30+,31-,32-/m1/s1. The van der Waals surface area contributed by atoms with E-state index in [1.165, 1.54) is 57.8 Å². The van der Waals surface area contributed by atoms with Gasteiger partial charge in [0.15, 0.2) is 0 Å².